The molecule has 0 aliphatic heterocycles. The van der Waals surface area contributed by atoms with Crippen LogP contribution < -0.4 is 21.9 Å². The minimum atomic E-state index is -1.66. The lowest BCUT2D eigenvalue weighted by molar-refractivity contribution is -0.118. The molecule has 0 spiro atoms. The van der Waals surface area contributed by atoms with E-state index in [0.29, 0.717) is 5.30 Å². The Balaban J connectivity index is 0.000000673. The lowest BCUT2D eigenvalue weighted by atomic mass is 10.4. The Kier molecular flexibility index (Phi) is 8.25. The molecule has 0 radical (unpaired) electrons. The van der Waals surface area contributed by atoms with Crippen LogP contribution in [0.25, 0.3) is 0 Å². The zero-order chi connectivity index (χ0) is 12.4. The van der Waals surface area contributed by atoms with E-state index in [0.717, 1.165) is 0 Å². The predicted molar refractivity (Wildman–Crippen MR) is 65.9 cm³/mol. The van der Waals surface area contributed by atoms with Crippen molar-refractivity contribution >= 4 is 19.0 Å². The first-order chi connectivity index (χ1) is 7.65. The van der Waals surface area contributed by atoms with E-state index in [2.05, 4.69) is 5.32 Å². The van der Waals surface area contributed by atoms with Gasteiger partial charge in [0, 0.05) is 0 Å². The number of nitrogens with two attached hydrogens (primary N) is 1. The molecule has 0 heterocycles. The molecule has 0 aliphatic carbocycles. The summed E-state index contributed by atoms with van der Waals surface area (Å²) in [5.74, 6) is 4.46. The maximum absolute atomic E-state index is 11.4. The molecule has 0 bridgehead atoms. The molecule has 0 saturated heterocycles. The van der Waals surface area contributed by atoms with Crippen molar-refractivity contribution < 1.29 is 9.36 Å². The molecule has 88 valence electrons. The van der Waals surface area contributed by atoms with Crippen molar-refractivity contribution in [3.8, 4) is 0 Å². The third-order valence-corrected chi connectivity index (χ3v) is 2.94. The minimum Gasteiger partial charge on any atom is -0.323 e. The number of carbonyl (C=O) groups is 1. The van der Waals surface area contributed by atoms with Crippen LogP contribution in [-0.4, -0.2) is 26.2 Å². The van der Waals surface area contributed by atoms with Crippen molar-refractivity contribution in [2.75, 3.05) is 20.3 Å². The molecular weight excluding hydrogens is 225 g/mol. The van der Waals surface area contributed by atoms with Crippen LogP contribution in [0.3, 0.4) is 0 Å². The van der Waals surface area contributed by atoms with Crippen LogP contribution in [0.15, 0.2) is 30.3 Å². The van der Waals surface area contributed by atoms with Crippen molar-refractivity contribution in [3.05, 3.63) is 30.3 Å². The number of hydrogen-bond acceptors (Lipinski definition) is 4. The zero-order valence-electron chi connectivity index (χ0n) is 9.43. The van der Waals surface area contributed by atoms with Gasteiger partial charge < -0.3 is 5.32 Å². The van der Waals surface area contributed by atoms with Gasteiger partial charge in [0.1, 0.15) is 0 Å². The van der Waals surface area contributed by atoms with E-state index in [1.165, 1.54) is 0 Å². The first kappa shape index (κ1) is 14.7. The Morgan fingerprint density at radius 2 is 1.81 bits per heavy atom. The van der Waals surface area contributed by atoms with E-state index in [4.69, 9.17) is 5.84 Å². The van der Waals surface area contributed by atoms with Gasteiger partial charge in [-0.25, -0.2) is 5.84 Å². The molecule has 4 N–H and O–H groups in total. The number of hydrogen-bond donors (Lipinski definition) is 3. The molecule has 5 nitrogen and oxygen atoms in total. The number of nitrogens with one attached hydrogen (secondary N) is 2. The summed E-state index contributed by atoms with van der Waals surface area (Å²) in [5, 5.41) is 3.42. The number of amides is 1. The van der Waals surface area contributed by atoms with Gasteiger partial charge in [0.25, 0.3) is 5.91 Å². The van der Waals surface area contributed by atoms with Crippen LogP contribution in [0.2, 0.25) is 0 Å². The van der Waals surface area contributed by atoms with Gasteiger partial charge in [-0.1, -0.05) is 22.8 Å². The maximum Gasteiger partial charge on any atom is 0.386 e. The number of hydrazine groups is 1. The van der Waals surface area contributed by atoms with Crippen molar-refractivity contribution in [1.82, 2.24) is 10.7 Å². The summed E-state index contributed by atoms with van der Waals surface area (Å²) in [6, 6.07) is 8.84. The summed E-state index contributed by atoms with van der Waals surface area (Å²) in [4.78, 5) is 10.8. The molecule has 1 unspecified atom stereocenters. The molecule has 1 aromatic rings. The monoisotopic (exact) mass is 242 g/mol. The van der Waals surface area contributed by atoms with E-state index in [1.807, 2.05) is 25.6 Å². The fourth-order valence-electron chi connectivity index (χ4n) is 0.862. The SMILES string of the molecule is CNC.NNC(=O)C[P+](=O)c1ccccc1. The van der Waals surface area contributed by atoms with Gasteiger partial charge in [0.05, 0.1) is 0 Å². The Morgan fingerprint density at radius 1 is 1.31 bits per heavy atom. The molecule has 0 fully saturated rings. The fraction of sp³-hybridized carbons (Fsp3) is 0.300. The summed E-state index contributed by atoms with van der Waals surface area (Å²) < 4.78 is 11.4. The minimum absolute atomic E-state index is 0.0597. The smallest absolute Gasteiger partial charge is 0.323 e. The highest BCUT2D eigenvalue weighted by Crippen LogP contribution is 2.18. The van der Waals surface area contributed by atoms with Crippen molar-refractivity contribution in [2.45, 2.75) is 0 Å². The van der Waals surface area contributed by atoms with Crippen molar-refractivity contribution in [1.29, 1.82) is 0 Å². The summed E-state index contributed by atoms with van der Waals surface area (Å²) in [6.45, 7) is 0. The van der Waals surface area contributed by atoms with Crippen LogP contribution in [0.4, 0.5) is 0 Å². The highest BCUT2D eigenvalue weighted by atomic mass is 31.1. The second-order valence-corrected chi connectivity index (χ2v) is 4.53. The van der Waals surface area contributed by atoms with Crippen molar-refractivity contribution in [2.24, 2.45) is 5.84 Å². The van der Waals surface area contributed by atoms with E-state index in [9.17, 15) is 9.36 Å². The lowest BCUT2D eigenvalue weighted by Gasteiger charge is -1.89. The summed E-state index contributed by atoms with van der Waals surface area (Å²) in [7, 11) is 2.09. The Bertz CT molecular complexity index is 330. The number of carbonyl (C=O) groups excluding carboxylic acids is 1. The molecule has 1 amide bonds. The average Bonchev–Trinajstić information content (AvgIpc) is 2.31. The van der Waals surface area contributed by atoms with Gasteiger partial charge >= 0.3 is 7.80 Å². The van der Waals surface area contributed by atoms with Gasteiger partial charge in [-0.3, -0.25) is 10.2 Å². The van der Waals surface area contributed by atoms with Crippen LogP contribution in [0.5, 0.6) is 0 Å². The van der Waals surface area contributed by atoms with Gasteiger partial charge in [0.2, 0.25) is 6.16 Å². The molecule has 0 aromatic heterocycles. The van der Waals surface area contributed by atoms with Crippen LogP contribution in [0.1, 0.15) is 0 Å². The first-order valence-corrected chi connectivity index (χ1v) is 6.17. The third kappa shape index (κ3) is 6.24. The van der Waals surface area contributed by atoms with E-state index in [-0.39, 0.29) is 6.16 Å². The van der Waals surface area contributed by atoms with Gasteiger partial charge in [0.15, 0.2) is 5.30 Å². The second-order valence-electron chi connectivity index (χ2n) is 2.94. The van der Waals surface area contributed by atoms with Crippen LogP contribution in [0, 0.1) is 0 Å². The van der Waals surface area contributed by atoms with E-state index >= 15 is 0 Å². The van der Waals surface area contributed by atoms with E-state index in [1.54, 1.807) is 24.3 Å². The largest absolute Gasteiger partial charge is 0.386 e. The Hall–Kier alpha value is -1.29. The lowest BCUT2D eigenvalue weighted by Crippen LogP contribution is -2.32. The second kappa shape index (κ2) is 8.97. The molecular formula is C10H17N3O2P+. The number of rotatable bonds is 3. The fourth-order valence-corrected chi connectivity index (χ4v) is 1.90. The van der Waals surface area contributed by atoms with E-state index < -0.39 is 13.7 Å². The molecule has 16 heavy (non-hydrogen) atoms. The highest BCUT2D eigenvalue weighted by Gasteiger charge is 2.22. The third-order valence-electron chi connectivity index (χ3n) is 1.49. The van der Waals surface area contributed by atoms with Gasteiger partial charge in [-0.2, -0.15) is 0 Å². The van der Waals surface area contributed by atoms with Crippen LogP contribution in [-0.2, 0) is 9.36 Å². The topological polar surface area (TPSA) is 84.2 Å². The first-order valence-electron chi connectivity index (χ1n) is 4.73. The van der Waals surface area contributed by atoms with Crippen molar-refractivity contribution in [3.63, 3.8) is 0 Å². The molecule has 6 heteroatoms. The highest BCUT2D eigenvalue weighted by molar-refractivity contribution is 7.54. The molecule has 0 aliphatic rings. The van der Waals surface area contributed by atoms with Gasteiger partial charge in [-0.15, -0.1) is 0 Å². The Morgan fingerprint density at radius 3 is 2.25 bits per heavy atom. The normalized spacial score (nSPS) is 9.81. The quantitative estimate of drug-likeness (QED) is 0.301. The molecule has 1 rings (SSSR count). The zero-order valence-corrected chi connectivity index (χ0v) is 10.3. The maximum atomic E-state index is 11.4. The number of benzene rings is 1. The standard InChI is InChI=1S/C8H9N2O2P.C2H7N/c9-10-8(11)6-13(12)7-4-2-1-3-5-7;1-3-2/h1-5H,6,9H2;3H,1-2H3/p+1. The summed E-state index contributed by atoms with van der Waals surface area (Å²) >= 11 is 0. The molecule has 0 saturated carbocycles. The van der Waals surface area contributed by atoms with Gasteiger partial charge in [-0.05, 0) is 26.2 Å². The summed E-state index contributed by atoms with van der Waals surface area (Å²) in [6.07, 6.45) is -0.0597. The molecule has 1 aromatic carbocycles. The summed E-state index contributed by atoms with van der Waals surface area (Å²) in [5.41, 5.74) is 1.94. The average molecular weight is 242 g/mol. The predicted octanol–water partition coefficient (Wildman–Crippen LogP) is -0.0352. The molecule has 1 atom stereocenters. The Labute approximate surface area is 96.2 Å². The van der Waals surface area contributed by atoms with Crippen LogP contribution >= 0.6 is 7.80 Å².